The molecule has 0 saturated heterocycles. The number of aromatic nitrogens is 1. The van der Waals surface area contributed by atoms with Gasteiger partial charge in [0.25, 0.3) is 0 Å². The summed E-state index contributed by atoms with van der Waals surface area (Å²) in [4.78, 5) is 23.0. The molecule has 0 atom stereocenters. The molecule has 1 aromatic rings. The largest absolute Gasteiger partial charge is 0.370 e. The molecule has 0 unspecified atom stereocenters. The Morgan fingerprint density at radius 1 is 1.44 bits per heavy atom. The molecule has 18 heavy (non-hydrogen) atoms. The van der Waals surface area contributed by atoms with Gasteiger partial charge in [0.15, 0.2) is 5.78 Å². The zero-order valence-corrected chi connectivity index (χ0v) is 11.2. The number of primary amides is 1. The maximum absolute atomic E-state index is 12.1. The van der Waals surface area contributed by atoms with Gasteiger partial charge >= 0.3 is 0 Å². The van der Waals surface area contributed by atoms with Gasteiger partial charge in [0.2, 0.25) is 5.91 Å². The van der Waals surface area contributed by atoms with Crippen molar-refractivity contribution in [2.24, 2.45) is 11.1 Å². The van der Waals surface area contributed by atoms with Gasteiger partial charge in [0.1, 0.15) is 0 Å². The van der Waals surface area contributed by atoms with Gasteiger partial charge in [-0.25, -0.2) is 0 Å². The Balaban J connectivity index is 2.38. The van der Waals surface area contributed by atoms with Crippen LogP contribution in [0.4, 0.5) is 0 Å². The van der Waals surface area contributed by atoms with Crippen LogP contribution in [0.3, 0.4) is 0 Å². The van der Waals surface area contributed by atoms with Gasteiger partial charge in [0, 0.05) is 36.3 Å². The third kappa shape index (κ3) is 2.33. The lowest BCUT2D eigenvalue weighted by atomic mass is 9.76. The number of aryl methyl sites for hydroxylation is 1. The lowest BCUT2D eigenvalue weighted by molar-refractivity contribution is -0.118. The highest BCUT2D eigenvalue weighted by atomic mass is 16.1. The maximum atomic E-state index is 12.1. The van der Waals surface area contributed by atoms with E-state index >= 15 is 0 Å². The summed E-state index contributed by atoms with van der Waals surface area (Å²) < 4.78 is 2.07. The van der Waals surface area contributed by atoms with Crippen molar-refractivity contribution in [3.05, 3.63) is 23.0 Å². The Hall–Kier alpha value is -1.58. The smallest absolute Gasteiger partial charge is 0.219 e. The van der Waals surface area contributed by atoms with Crippen LogP contribution < -0.4 is 5.73 Å². The number of ketones is 1. The first-order valence-electron chi connectivity index (χ1n) is 6.31. The molecule has 4 nitrogen and oxygen atoms in total. The predicted octanol–water partition coefficient (Wildman–Crippen LogP) is 1.83. The molecule has 1 aliphatic rings. The molecule has 2 N–H and O–H groups in total. The number of carbonyl (C=O) groups excluding carboxylic acids is 2. The van der Waals surface area contributed by atoms with Crippen molar-refractivity contribution in [2.45, 2.75) is 46.6 Å². The van der Waals surface area contributed by atoms with E-state index in [-0.39, 0.29) is 17.1 Å². The summed E-state index contributed by atoms with van der Waals surface area (Å²) in [5, 5.41) is 0. The molecule has 0 aromatic carbocycles. The molecule has 1 aromatic heterocycles. The number of hydrogen-bond donors (Lipinski definition) is 1. The van der Waals surface area contributed by atoms with E-state index in [0.717, 1.165) is 23.4 Å². The number of carbonyl (C=O) groups is 2. The van der Waals surface area contributed by atoms with Gasteiger partial charge in [-0.05, 0) is 24.8 Å². The first-order chi connectivity index (χ1) is 8.30. The molecule has 0 radical (unpaired) electrons. The molecule has 1 aliphatic carbocycles. The summed E-state index contributed by atoms with van der Waals surface area (Å²) in [6.07, 6.45) is 1.79. The number of rotatable bonds is 3. The van der Waals surface area contributed by atoms with E-state index in [9.17, 15) is 9.59 Å². The minimum atomic E-state index is -0.307. The highest BCUT2D eigenvalue weighted by Gasteiger charge is 2.33. The molecule has 4 heteroatoms. The van der Waals surface area contributed by atoms with Crippen LogP contribution in [-0.2, 0) is 17.8 Å². The molecule has 98 valence electrons. The van der Waals surface area contributed by atoms with E-state index in [1.54, 1.807) is 0 Å². The molecule has 0 bridgehead atoms. The number of nitrogens with two attached hydrogens (primary N) is 1. The fourth-order valence-electron chi connectivity index (χ4n) is 2.74. The molecule has 0 fully saturated rings. The molecule has 0 spiro atoms. The molecule has 1 amide bonds. The molecule has 0 aliphatic heterocycles. The van der Waals surface area contributed by atoms with Crippen molar-refractivity contribution in [2.75, 3.05) is 0 Å². The Labute approximate surface area is 107 Å². The van der Waals surface area contributed by atoms with E-state index in [1.807, 2.05) is 13.0 Å². The van der Waals surface area contributed by atoms with Gasteiger partial charge in [-0.2, -0.15) is 0 Å². The highest BCUT2D eigenvalue weighted by Crippen LogP contribution is 2.36. The van der Waals surface area contributed by atoms with Crippen LogP contribution in [0.5, 0.6) is 0 Å². The Morgan fingerprint density at radius 2 is 2.11 bits per heavy atom. The third-order valence-corrected chi connectivity index (χ3v) is 3.58. The van der Waals surface area contributed by atoms with Crippen LogP contribution >= 0.6 is 0 Å². The van der Waals surface area contributed by atoms with E-state index in [1.165, 1.54) is 0 Å². The monoisotopic (exact) mass is 248 g/mol. The van der Waals surface area contributed by atoms with Crippen molar-refractivity contribution >= 4 is 11.7 Å². The second-order valence-electron chi connectivity index (χ2n) is 5.95. The normalized spacial score (nSPS) is 17.6. The van der Waals surface area contributed by atoms with Gasteiger partial charge in [0.05, 0.1) is 0 Å². The molecular formula is C14H20N2O2. The number of fused-ring (bicyclic) bond motifs is 1. The summed E-state index contributed by atoms with van der Waals surface area (Å²) >= 11 is 0. The predicted molar refractivity (Wildman–Crippen MR) is 69.4 cm³/mol. The lowest BCUT2D eigenvalue weighted by Gasteiger charge is -2.29. The van der Waals surface area contributed by atoms with Crippen molar-refractivity contribution in [3.63, 3.8) is 0 Å². The number of nitrogens with zero attached hydrogens (tertiary/aromatic N) is 1. The molecule has 1 heterocycles. The maximum Gasteiger partial charge on any atom is 0.219 e. The quantitative estimate of drug-likeness (QED) is 0.886. The fourth-order valence-corrected chi connectivity index (χ4v) is 2.74. The fraction of sp³-hybridized carbons (Fsp3) is 0.571. The average molecular weight is 248 g/mol. The first kappa shape index (κ1) is 12.9. The summed E-state index contributed by atoms with van der Waals surface area (Å²) in [6, 6.07) is 1.94. The van der Waals surface area contributed by atoms with E-state index < -0.39 is 0 Å². The van der Waals surface area contributed by atoms with Gasteiger partial charge in [-0.3, -0.25) is 9.59 Å². The van der Waals surface area contributed by atoms with Crippen LogP contribution in [-0.4, -0.2) is 16.3 Å². The van der Waals surface area contributed by atoms with Crippen LogP contribution in [0.1, 0.15) is 48.4 Å². The average Bonchev–Trinajstić information content (AvgIpc) is 2.50. The van der Waals surface area contributed by atoms with Crippen molar-refractivity contribution in [3.8, 4) is 0 Å². The number of amides is 1. The topological polar surface area (TPSA) is 65.1 Å². The number of hydrogen-bond acceptors (Lipinski definition) is 2. The second kappa shape index (κ2) is 4.26. The SMILES string of the molecule is Cc1cc2c(n1CCC(N)=O)CC(C)(C)CC2=O. The van der Waals surface area contributed by atoms with E-state index in [0.29, 0.717) is 19.4 Å². The standard InChI is InChI=1S/C14H20N2O2/c1-9-6-10-11(16(9)5-4-13(15)18)7-14(2,3)8-12(10)17/h6H,4-5,7-8H2,1-3H3,(H2,15,18). The van der Waals surface area contributed by atoms with Gasteiger partial charge in [-0.1, -0.05) is 13.8 Å². The second-order valence-corrected chi connectivity index (χ2v) is 5.95. The van der Waals surface area contributed by atoms with Crippen LogP contribution in [0.25, 0.3) is 0 Å². The van der Waals surface area contributed by atoms with E-state index in [2.05, 4.69) is 18.4 Å². The Bertz CT molecular complexity index is 512. The van der Waals surface area contributed by atoms with Crippen molar-refractivity contribution in [1.29, 1.82) is 0 Å². The Kier molecular flexibility index (Phi) is 3.05. The van der Waals surface area contributed by atoms with Gasteiger partial charge in [-0.15, -0.1) is 0 Å². The molecule has 0 saturated carbocycles. The zero-order chi connectivity index (χ0) is 13.5. The lowest BCUT2D eigenvalue weighted by Crippen LogP contribution is -2.28. The molecular weight excluding hydrogens is 228 g/mol. The summed E-state index contributed by atoms with van der Waals surface area (Å²) in [7, 11) is 0. The zero-order valence-electron chi connectivity index (χ0n) is 11.2. The van der Waals surface area contributed by atoms with Gasteiger partial charge < -0.3 is 10.3 Å². The summed E-state index contributed by atoms with van der Waals surface area (Å²) in [5.41, 5.74) is 8.13. The van der Waals surface area contributed by atoms with E-state index in [4.69, 9.17) is 5.73 Å². The van der Waals surface area contributed by atoms with Crippen LogP contribution in [0.15, 0.2) is 6.07 Å². The first-order valence-corrected chi connectivity index (χ1v) is 6.31. The summed E-state index contributed by atoms with van der Waals surface area (Å²) in [6.45, 7) is 6.75. The number of Topliss-reactive ketones (excluding diaryl/α,β-unsaturated/α-hetero) is 1. The minimum Gasteiger partial charge on any atom is -0.370 e. The van der Waals surface area contributed by atoms with Crippen molar-refractivity contribution in [1.82, 2.24) is 4.57 Å². The van der Waals surface area contributed by atoms with Crippen LogP contribution in [0, 0.1) is 12.3 Å². The summed E-state index contributed by atoms with van der Waals surface area (Å²) in [5.74, 6) is -0.0968. The third-order valence-electron chi connectivity index (χ3n) is 3.58. The van der Waals surface area contributed by atoms with Crippen LogP contribution in [0.2, 0.25) is 0 Å². The highest BCUT2D eigenvalue weighted by molar-refractivity contribution is 5.99. The minimum absolute atomic E-state index is 0.000645. The molecule has 2 rings (SSSR count). The van der Waals surface area contributed by atoms with Crippen molar-refractivity contribution < 1.29 is 9.59 Å². The Morgan fingerprint density at radius 3 is 2.72 bits per heavy atom.